The summed E-state index contributed by atoms with van der Waals surface area (Å²) in [5.41, 5.74) is 1.69. The van der Waals surface area contributed by atoms with Crippen LogP contribution in [0.3, 0.4) is 0 Å². The summed E-state index contributed by atoms with van der Waals surface area (Å²) in [7, 11) is 0. The number of ether oxygens (including phenoxy) is 1. The highest BCUT2D eigenvalue weighted by Crippen LogP contribution is 2.21. The molecule has 4 heteroatoms. The minimum atomic E-state index is -0.159. The topological polar surface area (TPSA) is 38.3 Å². The molecule has 0 bridgehead atoms. The van der Waals surface area contributed by atoms with Gasteiger partial charge < -0.3 is 10.1 Å². The average Bonchev–Trinajstić information content (AvgIpc) is 2.59. The summed E-state index contributed by atoms with van der Waals surface area (Å²) in [6.07, 6.45) is 6.26. The molecule has 0 unspecified atom stereocenters. The van der Waals surface area contributed by atoms with E-state index in [1.54, 1.807) is 17.8 Å². The Labute approximate surface area is 141 Å². The van der Waals surface area contributed by atoms with E-state index in [1.165, 1.54) is 6.08 Å². The maximum atomic E-state index is 12.1. The first-order valence-corrected chi connectivity index (χ1v) is 8.80. The molecule has 1 amide bonds. The van der Waals surface area contributed by atoms with Crippen molar-refractivity contribution in [2.45, 2.75) is 18.2 Å². The van der Waals surface area contributed by atoms with Crippen LogP contribution < -0.4 is 10.1 Å². The van der Waals surface area contributed by atoms with Crippen LogP contribution in [0.2, 0.25) is 0 Å². The van der Waals surface area contributed by atoms with E-state index in [1.807, 2.05) is 54.8 Å². The number of anilines is 1. The van der Waals surface area contributed by atoms with E-state index in [4.69, 9.17) is 4.74 Å². The van der Waals surface area contributed by atoms with Gasteiger partial charge in [-0.05, 0) is 43.0 Å². The lowest BCUT2D eigenvalue weighted by atomic mass is 10.2. The van der Waals surface area contributed by atoms with E-state index < -0.39 is 0 Å². The Hall–Kier alpha value is -2.20. The second kappa shape index (κ2) is 9.06. The van der Waals surface area contributed by atoms with Gasteiger partial charge in [-0.2, -0.15) is 0 Å². The molecule has 2 aromatic carbocycles. The van der Waals surface area contributed by atoms with Gasteiger partial charge in [-0.15, -0.1) is 11.8 Å². The Balaban J connectivity index is 2.03. The van der Waals surface area contributed by atoms with Crippen molar-refractivity contribution in [3.05, 3.63) is 60.2 Å². The summed E-state index contributed by atoms with van der Waals surface area (Å²) in [6.45, 7) is 2.73. The zero-order chi connectivity index (χ0) is 16.5. The molecule has 23 heavy (non-hydrogen) atoms. The Kier molecular flexibility index (Phi) is 6.76. The predicted octanol–water partition coefficient (Wildman–Crippen LogP) is 4.85. The molecule has 3 nitrogen and oxygen atoms in total. The van der Waals surface area contributed by atoms with Crippen molar-refractivity contribution in [3.63, 3.8) is 0 Å². The van der Waals surface area contributed by atoms with Crippen LogP contribution in [0.15, 0.2) is 59.5 Å². The number of benzene rings is 2. The summed E-state index contributed by atoms with van der Waals surface area (Å²) in [5, 5.41) is 2.87. The molecule has 0 spiro atoms. The van der Waals surface area contributed by atoms with E-state index in [9.17, 15) is 4.79 Å². The smallest absolute Gasteiger partial charge is 0.248 e. The van der Waals surface area contributed by atoms with Crippen LogP contribution >= 0.6 is 11.8 Å². The average molecular weight is 327 g/mol. The van der Waals surface area contributed by atoms with Gasteiger partial charge in [0.15, 0.2) is 0 Å². The maximum absolute atomic E-state index is 12.1. The van der Waals surface area contributed by atoms with Gasteiger partial charge >= 0.3 is 0 Å². The fraction of sp³-hybridized carbons (Fsp3) is 0.211. The lowest BCUT2D eigenvalue weighted by Crippen LogP contribution is -2.07. The lowest BCUT2D eigenvalue weighted by molar-refractivity contribution is -0.111. The number of carbonyl (C=O) groups excluding carboxylic acids is 1. The third-order valence-corrected chi connectivity index (χ3v) is 3.86. The predicted molar refractivity (Wildman–Crippen MR) is 98.1 cm³/mol. The molecular weight excluding hydrogens is 306 g/mol. The molecule has 2 rings (SSSR count). The number of amides is 1. The minimum Gasteiger partial charge on any atom is -0.493 e. The van der Waals surface area contributed by atoms with Crippen molar-refractivity contribution in [1.29, 1.82) is 0 Å². The second-order valence-electron chi connectivity index (χ2n) is 4.94. The van der Waals surface area contributed by atoms with E-state index in [0.29, 0.717) is 6.61 Å². The Bertz CT molecular complexity index is 683. The van der Waals surface area contributed by atoms with Crippen molar-refractivity contribution in [2.75, 3.05) is 18.2 Å². The van der Waals surface area contributed by atoms with Crippen LogP contribution in [0.1, 0.15) is 18.9 Å². The van der Waals surface area contributed by atoms with E-state index in [-0.39, 0.29) is 5.91 Å². The minimum absolute atomic E-state index is 0.159. The van der Waals surface area contributed by atoms with Gasteiger partial charge in [-0.25, -0.2) is 0 Å². The lowest BCUT2D eigenvalue weighted by Gasteiger charge is -2.07. The fourth-order valence-corrected chi connectivity index (χ4v) is 2.47. The Morgan fingerprint density at radius 1 is 1.22 bits per heavy atom. The Morgan fingerprint density at radius 3 is 2.83 bits per heavy atom. The Morgan fingerprint density at radius 2 is 2.04 bits per heavy atom. The molecule has 0 aliphatic rings. The van der Waals surface area contributed by atoms with Crippen LogP contribution in [0.5, 0.6) is 5.75 Å². The summed E-state index contributed by atoms with van der Waals surface area (Å²) in [4.78, 5) is 13.2. The van der Waals surface area contributed by atoms with Crippen molar-refractivity contribution < 1.29 is 9.53 Å². The molecular formula is C19H21NO2S. The number of nitrogens with one attached hydrogen (secondary N) is 1. The van der Waals surface area contributed by atoms with Gasteiger partial charge in [-0.1, -0.05) is 31.2 Å². The highest BCUT2D eigenvalue weighted by Gasteiger charge is 2.02. The molecule has 0 heterocycles. The highest BCUT2D eigenvalue weighted by atomic mass is 32.2. The molecule has 0 radical (unpaired) electrons. The van der Waals surface area contributed by atoms with Gasteiger partial charge in [0, 0.05) is 22.2 Å². The first-order valence-electron chi connectivity index (χ1n) is 7.58. The molecule has 120 valence electrons. The van der Waals surface area contributed by atoms with Crippen LogP contribution in [0.25, 0.3) is 6.08 Å². The molecule has 0 saturated heterocycles. The zero-order valence-electron chi connectivity index (χ0n) is 13.4. The molecule has 0 aromatic heterocycles. The molecule has 0 aliphatic carbocycles. The number of hydrogen-bond acceptors (Lipinski definition) is 3. The van der Waals surface area contributed by atoms with Gasteiger partial charge in [-0.3, -0.25) is 4.79 Å². The number of para-hydroxylation sites is 1. The van der Waals surface area contributed by atoms with Crippen LogP contribution in [0.4, 0.5) is 5.69 Å². The summed E-state index contributed by atoms with van der Waals surface area (Å²) in [5.74, 6) is 0.635. The summed E-state index contributed by atoms with van der Waals surface area (Å²) in [6, 6.07) is 15.5. The normalized spacial score (nSPS) is 10.7. The van der Waals surface area contributed by atoms with Crippen LogP contribution in [0, 0.1) is 0 Å². The van der Waals surface area contributed by atoms with Gasteiger partial charge in [0.25, 0.3) is 0 Å². The van der Waals surface area contributed by atoms with Gasteiger partial charge in [0.2, 0.25) is 5.91 Å². The zero-order valence-corrected chi connectivity index (χ0v) is 14.2. The standard InChI is InChI=1S/C19H21NO2S/c1-3-13-22-18-10-5-4-7-15(18)11-12-19(21)20-16-8-6-9-17(14-16)23-2/h4-12,14H,3,13H2,1-2H3,(H,20,21)/b12-11+. The van der Waals surface area contributed by atoms with Crippen molar-refractivity contribution >= 4 is 29.4 Å². The van der Waals surface area contributed by atoms with Crippen molar-refractivity contribution in [3.8, 4) is 5.75 Å². The SMILES string of the molecule is CCCOc1ccccc1/C=C/C(=O)Nc1cccc(SC)c1. The molecule has 2 aromatic rings. The van der Waals surface area contributed by atoms with Crippen LogP contribution in [-0.4, -0.2) is 18.8 Å². The summed E-state index contributed by atoms with van der Waals surface area (Å²) < 4.78 is 5.68. The second-order valence-corrected chi connectivity index (χ2v) is 5.82. The van der Waals surface area contributed by atoms with Gasteiger partial charge in [0.1, 0.15) is 5.75 Å². The van der Waals surface area contributed by atoms with E-state index in [0.717, 1.165) is 28.3 Å². The quantitative estimate of drug-likeness (QED) is 0.583. The molecule has 0 saturated carbocycles. The van der Waals surface area contributed by atoms with E-state index in [2.05, 4.69) is 12.2 Å². The number of rotatable bonds is 7. The maximum Gasteiger partial charge on any atom is 0.248 e. The molecule has 0 fully saturated rings. The third kappa shape index (κ3) is 5.49. The van der Waals surface area contributed by atoms with Crippen molar-refractivity contribution in [2.24, 2.45) is 0 Å². The largest absolute Gasteiger partial charge is 0.493 e. The summed E-state index contributed by atoms with van der Waals surface area (Å²) >= 11 is 1.64. The van der Waals surface area contributed by atoms with Gasteiger partial charge in [0.05, 0.1) is 6.61 Å². The number of hydrogen-bond donors (Lipinski definition) is 1. The number of thioether (sulfide) groups is 1. The monoisotopic (exact) mass is 327 g/mol. The molecule has 0 atom stereocenters. The van der Waals surface area contributed by atoms with Crippen LogP contribution in [-0.2, 0) is 4.79 Å². The molecule has 1 N–H and O–H groups in total. The third-order valence-electron chi connectivity index (χ3n) is 3.13. The van der Waals surface area contributed by atoms with E-state index >= 15 is 0 Å². The molecule has 0 aliphatic heterocycles. The first kappa shape index (κ1) is 17.2. The fourth-order valence-electron chi connectivity index (χ4n) is 2.01. The highest BCUT2D eigenvalue weighted by molar-refractivity contribution is 7.98. The van der Waals surface area contributed by atoms with Crippen molar-refractivity contribution in [1.82, 2.24) is 0 Å². The number of carbonyl (C=O) groups is 1. The first-order chi connectivity index (χ1) is 11.2.